The van der Waals surface area contributed by atoms with E-state index in [2.05, 4.69) is 20.3 Å². The van der Waals surface area contributed by atoms with Crippen LogP contribution in [-0.4, -0.2) is 24.6 Å². The minimum absolute atomic E-state index is 0. The van der Waals surface area contributed by atoms with Crippen LogP contribution in [0.1, 0.15) is 0 Å². The maximum absolute atomic E-state index is 11.1. The number of hydrogen-bond donors (Lipinski definition) is 0. The quantitative estimate of drug-likeness (QED) is 0.260. The Balaban J connectivity index is 0.000000980. The average Bonchev–Trinajstić information content (AvgIpc) is 2.52. The van der Waals surface area contributed by atoms with Crippen molar-refractivity contribution in [3.8, 4) is 0 Å². The molecule has 0 spiro atoms. The third kappa shape index (κ3) is 1.52. The van der Waals surface area contributed by atoms with E-state index in [0.29, 0.717) is 4.52 Å². The van der Waals surface area contributed by atoms with E-state index in [1.54, 1.807) is 0 Å². The average molecular weight is 204 g/mol. The third-order valence-electron chi connectivity index (χ3n) is 1.32. The van der Waals surface area contributed by atoms with Crippen LogP contribution in [0.4, 0.5) is 5.82 Å². The molecule has 0 radical (unpaired) electrons. The number of hydrogen-bond acceptors (Lipinski definition) is 6. The van der Waals surface area contributed by atoms with Gasteiger partial charge in [0, 0.05) is 5.10 Å². The second kappa shape index (κ2) is 3.82. The van der Waals surface area contributed by atoms with Crippen molar-refractivity contribution >= 4 is 11.6 Å². The number of nitro groups is 1. The summed E-state index contributed by atoms with van der Waals surface area (Å²) in [5, 5.41) is 20.1. The standard InChI is InChI=1S/C4H2N6O3.Na/c11-3-2(10(12)13)7-8-4-5-1-6-9(3)4;/h1H,(H,5,6,8,11);/q;+1/p-1. The first-order valence-electron chi connectivity index (χ1n) is 3.08. The molecule has 0 aliphatic rings. The van der Waals surface area contributed by atoms with Crippen molar-refractivity contribution in [2.45, 2.75) is 0 Å². The van der Waals surface area contributed by atoms with Crippen LogP contribution in [-0.2, 0) is 0 Å². The summed E-state index contributed by atoms with van der Waals surface area (Å²) < 4.78 is 0.713. The van der Waals surface area contributed by atoms with Crippen molar-refractivity contribution < 1.29 is 34.5 Å². The van der Waals surface area contributed by atoms with Crippen LogP contribution in [0.3, 0.4) is 0 Å². The fourth-order valence-corrected chi connectivity index (χ4v) is 0.791. The molecule has 14 heavy (non-hydrogen) atoms. The molecule has 0 atom stereocenters. The fraction of sp³-hybridized carbons (Fsp3) is 0. The van der Waals surface area contributed by atoms with E-state index in [9.17, 15) is 14.9 Å². The molecule has 0 bridgehead atoms. The third-order valence-corrected chi connectivity index (χ3v) is 1.32. The summed E-state index contributed by atoms with van der Waals surface area (Å²) in [7, 11) is 0. The Morgan fingerprint density at radius 3 is 2.93 bits per heavy atom. The number of rotatable bonds is 1. The van der Waals surface area contributed by atoms with Crippen LogP contribution in [0.2, 0.25) is 0 Å². The summed E-state index contributed by atoms with van der Waals surface area (Å²) in [6, 6.07) is 0. The molecule has 0 unspecified atom stereocenters. The molecule has 0 aliphatic carbocycles. The van der Waals surface area contributed by atoms with Gasteiger partial charge in [0.25, 0.3) is 0 Å². The van der Waals surface area contributed by atoms with Gasteiger partial charge in [0.15, 0.2) is 0 Å². The second-order valence-electron chi connectivity index (χ2n) is 2.06. The SMILES string of the molecule is O=c1c([N+](=O)[O-])n[n-]c2ncnn12.[Na+]. The Labute approximate surface area is 97.6 Å². The predicted octanol–water partition coefficient (Wildman–Crippen LogP) is -4.65. The molecule has 66 valence electrons. The van der Waals surface area contributed by atoms with Crippen molar-refractivity contribution in [1.82, 2.24) is 24.8 Å². The van der Waals surface area contributed by atoms with Gasteiger partial charge in [0.1, 0.15) is 0 Å². The van der Waals surface area contributed by atoms with Crippen LogP contribution in [0.15, 0.2) is 11.1 Å². The van der Waals surface area contributed by atoms with Gasteiger partial charge in [-0.3, -0.25) is 9.31 Å². The molecule has 0 aromatic carbocycles. The molecule has 2 rings (SSSR count). The normalized spacial score (nSPS) is 9.71. The first-order chi connectivity index (χ1) is 6.20. The molecule has 0 fully saturated rings. The molecular weight excluding hydrogens is 203 g/mol. The summed E-state index contributed by atoms with van der Waals surface area (Å²) in [6.45, 7) is 0. The molecular formula is C4HN6NaO3. The molecule has 0 aliphatic heterocycles. The summed E-state index contributed by atoms with van der Waals surface area (Å²) in [6.07, 6.45) is 1.06. The zero-order valence-corrected chi connectivity index (χ0v) is 8.99. The van der Waals surface area contributed by atoms with E-state index in [0.717, 1.165) is 6.33 Å². The van der Waals surface area contributed by atoms with Crippen molar-refractivity contribution in [1.29, 1.82) is 0 Å². The largest absolute Gasteiger partial charge is 1.00 e. The molecule has 10 heteroatoms. The predicted molar refractivity (Wildman–Crippen MR) is 37.0 cm³/mol. The van der Waals surface area contributed by atoms with E-state index in [1.807, 2.05) is 0 Å². The van der Waals surface area contributed by atoms with Crippen molar-refractivity contribution in [2.75, 3.05) is 0 Å². The van der Waals surface area contributed by atoms with E-state index in [4.69, 9.17) is 0 Å². The molecule has 2 aromatic rings. The van der Waals surface area contributed by atoms with Crippen LogP contribution in [0.25, 0.3) is 5.78 Å². The Morgan fingerprint density at radius 2 is 2.29 bits per heavy atom. The van der Waals surface area contributed by atoms with Gasteiger partial charge >= 0.3 is 40.9 Å². The summed E-state index contributed by atoms with van der Waals surface area (Å²) in [5.74, 6) is -0.923. The fourth-order valence-electron chi connectivity index (χ4n) is 0.791. The molecule has 0 saturated carbocycles. The van der Waals surface area contributed by atoms with Gasteiger partial charge in [-0.05, 0) is 4.92 Å². The maximum Gasteiger partial charge on any atom is 1.00 e. The zero-order chi connectivity index (χ0) is 9.42. The van der Waals surface area contributed by atoms with Crippen LogP contribution in [0, 0.1) is 10.1 Å². The van der Waals surface area contributed by atoms with Gasteiger partial charge in [-0.1, -0.05) is 0 Å². The summed E-state index contributed by atoms with van der Waals surface area (Å²) in [5.41, 5.74) is -0.938. The molecule has 2 aromatic heterocycles. The van der Waals surface area contributed by atoms with Crippen molar-refractivity contribution in [2.24, 2.45) is 0 Å². The molecule has 0 saturated heterocycles. The number of aromatic nitrogens is 5. The minimum Gasteiger partial charge on any atom is -0.358 e. The summed E-state index contributed by atoms with van der Waals surface area (Å²) in [4.78, 5) is 24.0. The van der Waals surface area contributed by atoms with E-state index >= 15 is 0 Å². The first kappa shape index (κ1) is 10.8. The van der Waals surface area contributed by atoms with Crippen LogP contribution >= 0.6 is 0 Å². The molecule has 0 amide bonds. The number of nitrogens with zero attached hydrogens (tertiary/aromatic N) is 6. The monoisotopic (exact) mass is 204 g/mol. The first-order valence-corrected chi connectivity index (χ1v) is 3.08. The van der Waals surface area contributed by atoms with Gasteiger partial charge in [-0.15, -0.1) is 0 Å². The Bertz CT molecular complexity index is 531. The minimum atomic E-state index is -0.938. The number of fused-ring (bicyclic) bond motifs is 1. The van der Waals surface area contributed by atoms with Crippen LogP contribution in [0.5, 0.6) is 0 Å². The topological polar surface area (TPSA) is 117 Å². The molecule has 0 N–H and O–H groups in total. The second-order valence-corrected chi connectivity index (χ2v) is 2.06. The Morgan fingerprint density at radius 1 is 1.57 bits per heavy atom. The summed E-state index contributed by atoms with van der Waals surface area (Å²) >= 11 is 0. The molecule has 2 heterocycles. The smallest absolute Gasteiger partial charge is 0.358 e. The van der Waals surface area contributed by atoms with E-state index in [-0.39, 0.29) is 35.3 Å². The van der Waals surface area contributed by atoms with Gasteiger partial charge in [0.2, 0.25) is 0 Å². The zero-order valence-electron chi connectivity index (χ0n) is 6.99. The van der Waals surface area contributed by atoms with E-state index < -0.39 is 16.3 Å². The van der Waals surface area contributed by atoms with Gasteiger partial charge < -0.3 is 15.1 Å². The van der Waals surface area contributed by atoms with Crippen molar-refractivity contribution in [3.63, 3.8) is 0 Å². The van der Waals surface area contributed by atoms with Gasteiger partial charge in [-0.2, -0.15) is 5.10 Å². The van der Waals surface area contributed by atoms with E-state index in [1.165, 1.54) is 0 Å². The van der Waals surface area contributed by atoms with Gasteiger partial charge in [-0.25, -0.2) is 5.10 Å². The van der Waals surface area contributed by atoms with Crippen molar-refractivity contribution in [3.05, 3.63) is 26.8 Å². The Kier molecular flexibility index (Phi) is 2.93. The van der Waals surface area contributed by atoms with Gasteiger partial charge in [0.05, 0.1) is 12.1 Å². The maximum atomic E-state index is 11.1. The van der Waals surface area contributed by atoms with Crippen LogP contribution < -0.4 is 40.2 Å². The Hall–Kier alpha value is -1.32. The molecule has 9 nitrogen and oxygen atoms in total.